The Kier molecular flexibility index (Phi) is 5.20. The van der Waals surface area contributed by atoms with Gasteiger partial charge in [-0.15, -0.1) is 0 Å². The van der Waals surface area contributed by atoms with Crippen LogP contribution in [0.1, 0.15) is 12.7 Å². The Morgan fingerprint density at radius 2 is 2.20 bits per heavy atom. The van der Waals surface area contributed by atoms with E-state index in [4.69, 9.17) is 9.15 Å². The van der Waals surface area contributed by atoms with Gasteiger partial charge in [0.15, 0.2) is 0 Å². The van der Waals surface area contributed by atoms with Gasteiger partial charge in [-0.3, -0.25) is 4.79 Å². The summed E-state index contributed by atoms with van der Waals surface area (Å²) < 4.78 is 10.8. The number of nitrogens with one attached hydrogen (secondary N) is 2. The number of furan rings is 1. The van der Waals surface area contributed by atoms with Crippen LogP contribution in [0.2, 0.25) is 0 Å². The Morgan fingerprint density at radius 3 is 2.95 bits per heavy atom. The molecule has 5 heteroatoms. The summed E-state index contributed by atoms with van der Waals surface area (Å²) in [4.78, 5) is 11.0. The Balaban J connectivity index is 1.69. The van der Waals surface area contributed by atoms with Crippen molar-refractivity contribution in [2.45, 2.75) is 13.5 Å². The molecule has 1 heterocycles. The monoisotopic (exact) mass is 274 g/mol. The molecule has 1 aromatic carbocycles. The first-order chi connectivity index (χ1) is 9.74. The Labute approximate surface area is 117 Å². The highest BCUT2D eigenvalue weighted by Gasteiger charge is 1.99. The molecule has 20 heavy (non-hydrogen) atoms. The molecule has 0 radical (unpaired) electrons. The van der Waals surface area contributed by atoms with Crippen LogP contribution in [0.3, 0.4) is 0 Å². The zero-order valence-electron chi connectivity index (χ0n) is 11.4. The van der Waals surface area contributed by atoms with E-state index in [2.05, 4.69) is 10.6 Å². The van der Waals surface area contributed by atoms with Crippen LogP contribution in [0.5, 0.6) is 5.75 Å². The minimum absolute atomic E-state index is 0.0951. The van der Waals surface area contributed by atoms with Gasteiger partial charge in [-0.1, -0.05) is 6.07 Å². The zero-order chi connectivity index (χ0) is 14.2. The van der Waals surface area contributed by atoms with E-state index in [1.165, 1.54) is 6.92 Å². The van der Waals surface area contributed by atoms with Gasteiger partial charge in [0.05, 0.1) is 12.8 Å². The molecule has 0 aliphatic rings. The summed E-state index contributed by atoms with van der Waals surface area (Å²) >= 11 is 0. The standard InChI is InChI=1S/C15H18N2O3/c1-12(18)17-13-4-2-5-14(10-13)20-9-7-16-11-15-6-3-8-19-15/h2-6,8,10,16H,7,9,11H2,1H3,(H,17,18). The second kappa shape index (κ2) is 7.35. The van der Waals surface area contributed by atoms with Crippen LogP contribution in [0.15, 0.2) is 47.1 Å². The summed E-state index contributed by atoms with van der Waals surface area (Å²) in [6.07, 6.45) is 1.65. The van der Waals surface area contributed by atoms with Crippen molar-refractivity contribution in [3.63, 3.8) is 0 Å². The highest BCUT2D eigenvalue weighted by Crippen LogP contribution is 2.16. The molecular formula is C15H18N2O3. The van der Waals surface area contributed by atoms with Gasteiger partial charge in [0.1, 0.15) is 18.1 Å². The molecule has 1 amide bonds. The summed E-state index contributed by atoms with van der Waals surface area (Å²) in [6.45, 7) is 3.42. The number of carbonyl (C=O) groups is 1. The fourth-order valence-electron chi connectivity index (χ4n) is 1.73. The fourth-order valence-corrected chi connectivity index (χ4v) is 1.73. The van der Waals surface area contributed by atoms with Crippen molar-refractivity contribution in [2.24, 2.45) is 0 Å². The largest absolute Gasteiger partial charge is 0.492 e. The molecule has 0 aliphatic carbocycles. The number of amides is 1. The van der Waals surface area contributed by atoms with E-state index in [-0.39, 0.29) is 5.91 Å². The van der Waals surface area contributed by atoms with Gasteiger partial charge < -0.3 is 19.8 Å². The number of hydrogen-bond acceptors (Lipinski definition) is 4. The smallest absolute Gasteiger partial charge is 0.221 e. The van der Waals surface area contributed by atoms with Crippen LogP contribution in [0.25, 0.3) is 0 Å². The molecule has 5 nitrogen and oxygen atoms in total. The maximum Gasteiger partial charge on any atom is 0.221 e. The molecule has 0 fully saturated rings. The van der Waals surface area contributed by atoms with Gasteiger partial charge in [-0.05, 0) is 24.3 Å². The minimum Gasteiger partial charge on any atom is -0.492 e. The number of carbonyl (C=O) groups excluding carboxylic acids is 1. The van der Waals surface area contributed by atoms with Crippen LogP contribution in [-0.2, 0) is 11.3 Å². The predicted octanol–water partition coefficient (Wildman–Crippen LogP) is 2.41. The Hall–Kier alpha value is -2.27. The summed E-state index contributed by atoms with van der Waals surface area (Å²) in [7, 11) is 0. The fraction of sp³-hybridized carbons (Fsp3) is 0.267. The summed E-state index contributed by atoms with van der Waals surface area (Å²) in [5, 5.41) is 5.93. The molecule has 0 bridgehead atoms. The lowest BCUT2D eigenvalue weighted by Crippen LogP contribution is -2.20. The maximum atomic E-state index is 11.0. The van der Waals surface area contributed by atoms with E-state index in [9.17, 15) is 4.79 Å². The second-order valence-corrected chi connectivity index (χ2v) is 4.31. The van der Waals surface area contributed by atoms with Gasteiger partial charge in [0, 0.05) is 25.2 Å². The number of anilines is 1. The number of benzene rings is 1. The van der Waals surface area contributed by atoms with Crippen LogP contribution in [0.4, 0.5) is 5.69 Å². The highest BCUT2D eigenvalue weighted by molar-refractivity contribution is 5.88. The number of rotatable bonds is 7. The van der Waals surface area contributed by atoms with Crippen molar-refractivity contribution < 1.29 is 13.9 Å². The molecule has 0 unspecified atom stereocenters. The molecule has 2 rings (SSSR count). The predicted molar refractivity (Wildman–Crippen MR) is 76.7 cm³/mol. The molecule has 0 saturated heterocycles. The number of ether oxygens (including phenoxy) is 1. The lowest BCUT2D eigenvalue weighted by Gasteiger charge is -2.08. The average molecular weight is 274 g/mol. The number of hydrogen-bond donors (Lipinski definition) is 2. The first-order valence-corrected chi connectivity index (χ1v) is 6.47. The van der Waals surface area contributed by atoms with Crippen molar-refractivity contribution in [3.8, 4) is 5.75 Å². The minimum atomic E-state index is -0.0951. The molecule has 106 valence electrons. The molecule has 1 aromatic heterocycles. The third-order valence-corrected chi connectivity index (χ3v) is 2.58. The van der Waals surface area contributed by atoms with Crippen LogP contribution in [-0.4, -0.2) is 19.1 Å². The quantitative estimate of drug-likeness (QED) is 0.761. The third-order valence-electron chi connectivity index (χ3n) is 2.58. The second-order valence-electron chi connectivity index (χ2n) is 4.31. The van der Waals surface area contributed by atoms with E-state index in [1.807, 2.05) is 30.3 Å². The third kappa shape index (κ3) is 4.78. The van der Waals surface area contributed by atoms with Gasteiger partial charge in [-0.2, -0.15) is 0 Å². The van der Waals surface area contributed by atoms with Crippen molar-refractivity contribution in [2.75, 3.05) is 18.5 Å². The topological polar surface area (TPSA) is 63.5 Å². The molecular weight excluding hydrogens is 256 g/mol. The van der Waals surface area contributed by atoms with Crippen molar-refractivity contribution in [3.05, 3.63) is 48.4 Å². The lowest BCUT2D eigenvalue weighted by atomic mass is 10.3. The van der Waals surface area contributed by atoms with Crippen molar-refractivity contribution >= 4 is 11.6 Å². The SMILES string of the molecule is CC(=O)Nc1cccc(OCCNCc2ccco2)c1. The van der Waals surface area contributed by atoms with Gasteiger partial charge in [-0.25, -0.2) is 0 Å². The van der Waals surface area contributed by atoms with E-state index in [0.717, 1.165) is 17.2 Å². The Morgan fingerprint density at radius 1 is 1.30 bits per heavy atom. The van der Waals surface area contributed by atoms with Crippen LogP contribution in [0, 0.1) is 0 Å². The normalized spacial score (nSPS) is 10.2. The summed E-state index contributed by atoms with van der Waals surface area (Å²) in [5.74, 6) is 1.54. The Bertz CT molecular complexity index is 538. The molecule has 0 spiro atoms. The van der Waals surface area contributed by atoms with Gasteiger partial charge in [0.2, 0.25) is 5.91 Å². The van der Waals surface area contributed by atoms with Gasteiger partial charge >= 0.3 is 0 Å². The lowest BCUT2D eigenvalue weighted by molar-refractivity contribution is -0.114. The summed E-state index contributed by atoms with van der Waals surface area (Å²) in [6, 6.07) is 11.1. The zero-order valence-corrected chi connectivity index (χ0v) is 11.4. The van der Waals surface area contributed by atoms with Crippen molar-refractivity contribution in [1.29, 1.82) is 0 Å². The molecule has 0 saturated carbocycles. The summed E-state index contributed by atoms with van der Waals surface area (Å²) in [5.41, 5.74) is 0.735. The molecule has 0 aliphatic heterocycles. The van der Waals surface area contributed by atoms with E-state index >= 15 is 0 Å². The first-order valence-electron chi connectivity index (χ1n) is 6.47. The van der Waals surface area contributed by atoms with E-state index in [0.29, 0.717) is 19.7 Å². The molecule has 2 N–H and O–H groups in total. The molecule has 2 aromatic rings. The van der Waals surface area contributed by atoms with Crippen molar-refractivity contribution in [1.82, 2.24) is 5.32 Å². The average Bonchev–Trinajstić information content (AvgIpc) is 2.91. The van der Waals surface area contributed by atoms with Crippen LogP contribution >= 0.6 is 0 Å². The maximum absolute atomic E-state index is 11.0. The first kappa shape index (κ1) is 14.1. The molecule has 0 atom stereocenters. The van der Waals surface area contributed by atoms with E-state index < -0.39 is 0 Å². The van der Waals surface area contributed by atoms with Gasteiger partial charge in [0.25, 0.3) is 0 Å². The van der Waals surface area contributed by atoms with E-state index in [1.54, 1.807) is 12.3 Å². The highest BCUT2D eigenvalue weighted by atomic mass is 16.5. The van der Waals surface area contributed by atoms with Crippen LogP contribution < -0.4 is 15.4 Å².